The third-order valence-electron chi connectivity index (χ3n) is 4.30. The molecule has 0 aromatic carbocycles. The Hall–Kier alpha value is -0.570. The van der Waals surface area contributed by atoms with Crippen LogP contribution in [0.2, 0.25) is 0 Å². The van der Waals surface area contributed by atoms with Gasteiger partial charge in [-0.3, -0.25) is 4.79 Å². The zero-order chi connectivity index (χ0) is 14.6. The van der Waals surface area contributed by atoms with Gasteiger partial charge in [0.2, 0.25) is 0 Å². The number of carbonyl (C=O) groups is 1. The average Bonchev–Trinajstić information content (AvgIpc) is 2.65. The Bertz CT molecular complexity index is 255. The van der Waals surface area contributed by atoms with Gasteiger partial charge in [0.05, 0.1) is 6.61 Å². The number of hydrogen-bond acceptors (Lipinski definition) is 3. The number of hydrogen-bond donors (Lipinski definition) is 0. The Morgan fingerprint density at radius 2 is 2.00 bits per heavy atom. The molecule has 1 fully saturated rings. The maximum absolute atomic E-state index is 11.2. The van der Waals surface area contributed by atoms with Gasteiger partial charge >= 0.3 is 5.97 Å². The van der Waals surface area contributed by atoms with Crippen LogP contribution < -0.4 is 0 Å². The highest BCUT2D eigenvalue weighted by Crippen LogP contribution is 2.22. The van der Waals surface area contributed by atoms with Crippen LogP contribution in [-0.2, 0) is 9.53 Å². The maximum Gasteiger partial charge on any atom is 0.305 e. The zero-order valence-electron chi connectivity index (χ0n) is 13.5. The first-order valence-electron chi connectivity index (χ1n) is 8.64. The van der Waals surface area contributed by atoms with E-state index >= 15 is 0 Å². The summed E-state index contributed by atoms with van der Waals surface area (Å²) in [6, 6.07) is 0. The summed E-state index contributed by atoms with van der Waals surface area (Å²) in [7, 11) is 0. The summed E-state index contributed by atoms with van der Waals surface area (Å²) in [5.41, 5.74) is 0. The predicted molar refractivity (Wildman–Crippen MR) is 83.8 cm³/mol. The van der Waals surface area contributed by atoms with Gasteiger partial charge in [0.15, 0.2) is 0 Å². The van der Waals surface area contributed by atoms with Crippen molar-refractivity contribution < 1.29 is 9.53 Å². The molecule has 1 unspecified atom stereocenters. The van der Waals surface area contributed by atoms with E-state index in [4.69, 9.17) is 4.74 Å². The van der Waals surface area contributed by atoms with Crippen LogP contribution in [0.1, 0.15) is 71.6 Å². The largest absolute Gasteiger partial charge is 0.466 e. The van der Waals surface area contributed by atoms with E-state index < -0.39 is 0 Å². The number of ether oxygens (including phenoxy) is 1. The molecule has 0 aliphatic carbocycles. The lowest BCUT2D eigenvalue weighted by atomic mass is 9.96. The van der Waals surface area contributed by atoms with E-state index in [0.29, 0.717) is 13.0 Å². The fourth-order valence-electron chi connectivity index (χ4n) is 3.16. The predicted octanol–water partition coefficient (Wildman–Crippen LogP) is 4.01. The van der Waals surface area contributed by atoms with Crippen LogP contribution in [0.25, 0.3) is 0 Å². The van der Waals surface area contributed by atoms with E-state index in [1.165, 1.54) is 58.2 Å². The van der Waals surface area contributed by atoms with Gasteiger partial charge in [-0.25, -0.2) is 0 Å². The second-order valence-electron chi connectivity index (χ2n) is 6.04. The molecule has 118 valence electrons. The molecule has 0 saturated carbocycles. The SMILES string of the molecule is CCCC1CCCN(CCCCCC(=O)OCC)CC1. The molecule has 1 aliphatic rings. The van der Waals surface area contributed by atoms with Gasteiger partial charge in [-0.2, -0.15) is 0 Å². The topological polar surface area (TPSA) is 29.5 Å². The van der Waals surface area contributed by atoms with Crippen molar-refractivity contribution >= 4 is 5.97 Å². The van der Waals surface area contributed by atoms with Crippen LogP contribution >= 0.6 is 0 Å². The lowest BCUT2D eigenvalue weighted by molar-refractivity contribution is -0.143. The average molecular weight is 283 g/mol. The number of carbonyl (C=O) groups excluding carboxylic acids is 1. The second-order valence-corrected chi connectivity index (χ2v) is 6.04. The fraction of sp³-hybridized carbons (Fsp3) is 0.941. The second kappa shape index (κ2) is 11.1. The number of nitrogens with zero attached hydrogens (tertiary/aromatic N) is 1. The molecule has 1 saturated heterocycles. The molecule has 3 nitrogen and oxygen atoms in total. The molecule has 0 N–H and O–H groups in total. The van der Waals surface area contributed by atoms with E-state index in [1.807, 2.05) is 6.92 Å². The van der Waals surface area contributed by atoms with Gasteiger partial charge in [0, 0.05) is 6.42 Å². The first-order valence-corrected chi connectivity index (χ1v) is 8.64. The lowest BCUT2D eigenvalue weighted by Crippen LogP contribution is -2.26. The first kappa shape index (κ1) is 17.5. The highest BCUT2D eigenvalue weighted by molar-refractivity contribution is 5.69. The van der Waals surface area contributed by atoms with Crippen molar-refractivity contribution in [1.82, 2.24) is 4.90 Å². The van der Waals surface area contributed by atoms with Crippen LogP contribution in [0, 0.1) is 5.92 Å². The van der Waals surface area contributed by atoms with Crippen molar-refractivity contribution in [3.8, 4) is 0 Å². The normalized spacial score (nSPS) is 20.6. The van der Waals surface area contributed by atoms with E-state index in [1.54, 1.807) is 0 Å². The van der Waals surface area contributed by atoms with Crippen molar-refractivity contribution in [3.05, 3.63) is 0 Å². The molecular weight excluding hydrogens is 250 g/mol. The van der Waals surface area contributed by atoms with Crippen LogP contribution in [-0.4, -0.2) is 37.1 Å². The molecule has 0 amide bonds. The van der Waals surface area contributed by atoms with Crippen LogP contribution in [0.3, 0.4) is 0 Å². The minimum atomic E-state index is -0.0373. The third-order valence-corrected chi connectivity index (χ3v) is 4.30. The number of unbranched alkanes of at least 4 members (excludes halogenated alkanes) is 2. The van der Waals surface area contributed by atoms with Crippen molar-refractivity contribution in [2.45, 2.75) is 71.6 Å². The Kier molecular flexibility index (Phi) is 9.73. The van der Waals surface area contributed by atoms with E-state index in [-0.39, 0.29) is 5.97 Å². The summed E-state index contributed by atoms with van der Waals surface area (Å²) in [6.45, 7) is 8.43. The number of esters is 1. The summed E-state index contributed by atoms with van der Waals surface area (Å²) < 4.78 is 4.94. The van der Waals surface area contributed by atoms with Crippen molar-refractivity contribution in [2.75, 3.05) is 26.2 Å². The molecule has 0 radical (unpaired) electrons. The molecule has 20 heavy (non-hydrogen) atoms. The van der Waals surface area contributed by atoms with Gasteiger partial charge in [-0.1, -0.05) is 26.2 Å². The van der Waals surface area contributed by atoms with Crippen LogP contribution in [0.4, 0.5) is 0 Å². The summed E-state index contributed by atoms with van der Waals surface area (Å²) >= 11 is 0. The summed E-state index contributed by atoms with van der Waals surface area (Å²) in [5.74, 6) is 0.929. The minimum absolute atomic E-state index is 0.0373. The molecule has 1 heterocycles. The van der Waals surface area contributed by atoms with Gasteiger partial charge < -0.3 is 9.64 Å². The maximum atomic E-state index is 11.2. The fourth-order valence-corrected chi connectivity index (χ4v) is 3.16. The first-order chi connectivity index (χ1) is 9.76. The van der Waals surface area contributed by atoms with Crippen molar-refractivity contribution in [3.63, 3.8) is 0 Å². The quantitative estimate of drug-likeness (QED) is 0.473. The Morgan fingerprint density at radius 1 is 1.15 bits per heavy atom. The Morgan fingerprint density at radius 3 is 2.75 bits per heavy atom. The minimum Gasteiger partial charge on any atom is -0.466 e. The van der Waals surface area contributed by atoms with Crippen molar-refractivity contribution in [2.24, 2.45) is 5.92 Å². The smallest absolute Gasteiger partial charge is 0.305 e. The standard InChI is InChI=1S/C17H33NO2/c1-3-9-16-10-8-14-18(15-12-16)13-7-5-6-11-17(19)20-4-2/h16H,3-15H2,1-2H3. The summed E-state index contributed by atoms with van der Waals surface area (Å²) in [6.07, 6.45) is 10.9. The highest BCUT2D eigenvalue weighted by Gasteiger charge is 2.15. The Labute approximate surface area is 125 Å². The molecule has 0 aromatic heterocycles. The number of rotatable bonds is 9. The van der Waals surface area contributed by atoms with Crippen molar-refractivity contribution in [1.29, 1.82) is 0 Å². The van der Waals surface area contributed by atoms with E-state index in [2.05, 4.69) is 11.8 Å². The lowest BCUT2D eigenvalue weighted by Gasteiger charge is -2.20. The Balaban J connectivity index is 2.03. The molecule has 0 spiro atoms. The van der Waals surface area contributed by atoms with E-state index in [9.17, 15) is 4.79 Å². The molecule has 3 heteroatoms. The van der Waals surface area contributed by atoms with Gasteiger partial charge in [-0.05, 0) is 64.6 Å². The summed E-state index contributed by atoms with van der Waals surface area (Å²) in [5, 5.41) is 0. The van der Waals surface area contributed by atoms with E-state index in [0.717, 1.165) is 18.8 Å². The molecule has 1 aliphatic heterocycles. The van der Waals surface area contributed by atoms with Crippen LogP contribution in [0.5, 0.6) is 0 Å². The summed E-state index contributed by atoms with van der Waals surface area (Å²) in [4.78, 5) is 13.8. The van der Waals surface area contributed by atoms with Gasteiger partial charge in [0.1, 0.15) is 0 Å². The third kappa shape index (κ3) is 7.88. The van der Waals surface area contributed by atoms with Gasteiger partial charge in [-0.15, -0.1) is 0 Å². The molecule has 0 aromatic rings. The highest BCUT2D eigenvalue weighted by atomic mass is 16.5. The van der Waals surface area contributed by atoms with Crippen LogP contribution in [0.15, 0.2) is 0 Å². The molecular formula is C17H33NO2. The van der Waals surface area contributed by atoms with Gasteiger partial charge in [0.25, 0.3) is 0 Å². The zero-order valence-corrected chi connectivity index (χ0v) is 13.5. The number of likely N-dealkylation sites (tertiary alicyclic amines) is 1. The molecule has 1 rings (SSSR count). The molecule has 1 atom stereocenters. The molecule has 0 bridgehead atoms. The monoisotopic (exact) mass is 283 g/mol.